The summed E-state index contributed by atoms with van der Waals surface area (Å²) in [5.74, 6) is 1.05. The van der Waals surface area contributed by atoms with Crippen LogP contribution < -0.4 is 16.0 Å². The molecule has 11 heteroatoms. The Kier molecular flexibility index (Phi) is 10.8. The van der Waals surface area contributed by atoms with Gasteiger partial charge < -0.3 is 25.6 Å². The Bertz CT molecular complexity index is 1220. The van der Waals surface area contributed by atoms with Crippen molar-refractivity contribution in [3.63, 3.8) is 0 Å². The Hall–Kier alpha value is -3.80. The molecule has 2 aromatic rings. The van der Waals surface area contributed by atoms with E-state index >= 15 is 0 Å². The van der Waals surface area contributed by atoms with Crippen molar-refractivity contribution >= 4 is 29.6 Å². The first kappa shape index (κ1) is 28.8. The molecule has 200 valence electrons. The van der Waals surface area contributed by atoms with E-state index in [4.69, 9.17) is 10.7 Å². The van der Waals surface area contributed by atoms with Gasteiger partial charge in [0.15, 0.2) is 0 Å². The third-order valence-electron chi connectivity index (χ3n) is 6.31. The molecule has 0 bridgehead atoms. The van der Waals surface area contributed by atoms with Crippen molar-refractivity contribution in [3.05, 3.63) is 52.1 Å². The predicted octanol–water partition coefficient (Wildman–Crippen LogP) is 2.92. The minimum absolute atomic E-state index is 0.0480. The number of nitrogens with one attached hydrogen (secondary N) is 1. The first-order valence-corrected chi connectivity index (χ1v) is 13.5. The van der Waals surface area contributed by atoms with E-state index in [1.165, 1.54) is 11.8 Å². The van der Waals surface area contributed by atoms with Gasteiger partial charge in [0, 0.05) is 31.9 Å². The number of carbonyl (C=O) groups is 2. The summed E-state index contributed by atoms with van der Waals surface area (Å²) in [6.07, 6.45) is 0.714. The van der Waals surface area contributed by atoms with Crippen molar-refractivity contribution in [3.8, 4) is 12.1 Å². The highest BCUT2D eigenvalue weighted by Gasteiger charge is 2.24. The number of hydrogen-bond donors (Lipinski definition) is 2. The van der Waals surface area contributed by atoms with Crippen LogP contribution in [0.15, 0.2) is 29.3 Å². The Morgan fingerprint density at radius 2 is 1.82 bits per heavy atom. The summed E-state index contributed by atoms with van der Waals surface area (Å²) >= 11 is 1.49. The van der Waals surface area contributed by atoms with Crippen LogP contribution >= 0.6 is 11.8 Å². The largest absolute Gasteiger partial charge is 0.449 e. The van der Waals surface area contributed by atoms with Gasteiger partial charge in [-0.15, -0.1) is 11.8 Å². The molecule has 3 rings (SSSR count). The Balaban J connectivity index is 1.70. The SMILES string of the molecule is CCc1c(C#N)c(SCc2ccc(CNC(=O)CCOC(N)=O)cc2)nc(N2CCCN(C)CC2)c1C#N. The van der Waals surface area contributed by atoms with Crippen molar-refractivity contribution < 1.29 is 14.3 Å². The fraction of sp³-hybridized carbons (Fsp3) is 0.444. The molecule has 0 aliphatic carbocycles. The number of carbonyl (C=O) groups excluding carboxylic acids is 2. The van der Waals surface area contributed by atoms with Crippen LogP contribution in [0.2, 0.25) is 0 Å². The molecule has 0 saturated carbocycles. The molecule has 1 aromatic carbocycles. The molecule has 2 amide bonds. The van der Waals surface area contributed by atoms with Gasteiger partial charge in [0.2, 0.25) is 5.91 Å². The van der Waals surface area contributed by atoms with Gasteiger partial charge in [-0.05, 0) is 43.1 Å². The highest BCUT2D eigenvalue weighted by Crippen LogP contribution is 2.33. The molecule has 0 unspecified atom stereocenters. The predicted molar refractivity (Wildman–Crippen MR) is 145 cm³/mol. The van der Waals surface area contributed by atoms with Crippen LogP contribution in [0.1, 0.15) is 47.6 Å². The third kappa shape index (κ3) is 7.85. The summed E-state index contributed by atoms with van der Waals surface area (Å²) in [4.78, 5) is 31.8. The average molecular weight is 536 g/mol. The van der Waals surface area contributed by atoms with Gasteiger partial charge in [-0.25, -0.2) is 9.78 Å². The van der Waals surface area contributed by atoms with Crippen molar-refractivity contribution in [2.24, 2.45) is 5.73 Å². The summed E-state index contributed by atoms with van der Waals surface area (Å²) in [7, 11) is 2.10. The number of anilines is 1. The molecule has 1 aliphatic rings. The summed E-state index contributed by atoms with van der Waals surface area (Å²) in [5.41, 5.74) is 8.60. The number of hydrogen-bond acceptors (Lipinski definition) is 9. The number of primary amides is 1. The number of nitrogens with zero attached hydrogens (tertiary/aromatic N) is 5. The molecule has 0 radical (unpaired) electrons. The topological polar surface area (TPSA) is 148 Å². The summed E-state index contributed by atoms with van der Waals surface area (Å²) in [6, 6.07) is 12.5. The Morgan fingerprint density at radius 3 is 2.47 bits per heavy atom. The standard InChI is InChI=1S/C27H33N7O3S/c1-3-21-22(15-28)25(34-11-4-10-33(2)12-13-34)32-26(23(21)16-29)38-18-20-7-5-19(6-8-20)17-31-24(35)9-14-37-27(30)36/h5-8H,3-4,9-14,17-18H2,1-2H3,(H2,30,36)(H,31,35). The van der Waals surface area contributed by atoms with E-state index in [0.29, 0.717) is 40.7 Å². The zero-order chi connectivity index (χ0) is 27.5. The number of nitriles is 2. The van der Waals surface area contributed by atoms with E-state index in [9.17, 15) is 20.1 Å². The summed E-state index contributed by atoms with van der Waals surface area (Å²) < 4.78 is 4.57. The van der Waals surface area contributed by atoms with E-state index in [-0.39, 0.29) is 18.9 Å². The second-order valence-corrected chi connectivity index (χ2v) is 9.95. The van der Waals surface area contributed by atoms with Crippen LogP contribution in [0.25, 0.3) is 0 Å². The fourth-order valence-corrected chi connectivity index (χ4v) is 5.17. The fourth-order valence-electron chi connectivity index (χ4n) is 4.21. The minimum Gasteiger partial charge on any atom is -0.449 e. The lowest BCUT2D eigenvalue weighted by atomic mass is 10.0. The van der Waals surface area contributed by atoms with Gasteiger partial charge in [0.1, 0.15) is 29.6 Å². The highest BCUT2D eigenvalue weighted by molar-refractivity contribution is 7.98. The van der Waals surface area contributed by atoms with E-state index < -0.39 is 6.09 Å². The third-order valence-corrected chi connectivity index (χ3v) is 7.35. The van der Waals surface area contributed by atoms with Crippen LogP contribution in [0, 0.1) is 22.7 Å². The Morgan fingerprint density at radius 1 is 1.11 bits per heavy atom. The molecule has 2 heterocycles. The van der Waals surface area contributed by atoms with Crippen molar-refractivity contribution in [2.75, 3.05) is 44.7 Å². The van der Waals surface area contributed by atoms with E-state index in [1.807, 2.05) is 31.2 Å². The lowest BCUT2D eigenvalue weighted by Gasteiger charge is -2.25. The number of rotatable bonds is 10. The number of benzene rings is 1. The number of pyridine rings is 1. The smallest absolute Gasteiger partial charge is 0.404 e. The highest BCUT2D eigenvalue weighted by atomic mass is 32.2. The van der Waals surface area contributed by atoms with Crippen molar-refractivity contribution in [1.82, 2.24) is 15.2 Å². The molecule has 1 saturated heterocycles. The number of ether oxygens (including phenoxy) is 1. The van der Waals surface area contributed by atoms with E-state index in [1.54, 1.807) is 0 Å². The van der Waals surface area contributed by atoms with Gasteiger partial charge in [0.05, 0.1) is 17.5 Å². The zero-order valence-electron chi connectivity index (χ0n) is 21.8. The van der Waals surface area contributed by atoms with E-state index in [0.717, 1.165) is 49.3 Å². The quantitative estimate of drug-likeness (QED) is 0.438. The second kappa shape index (κ2) is 14.2. The minimum atomic E-state index is -0.902. The first-order chi connectivity index (χ1) is 18.4. The molecule has 38 heavy (non-hydrogen) atoms. The second-order valence-electron chi connectivity index (χ2n) is 8.99. The van der Waals surface area contributed by atoms with Crippen LogP contribution in [0.3, 0.4) is 0 Å². The Labute approximate surface area is 227 Å². The molecule has 0 spiro atoms. The molecular formula is C27H33N7O3S. The number of aromatic nitrogens is 1. The normalized spacial score (nSPS) is 13.7. The number of likely N-dealkylation sites (N-methyl/N-ethyl adjacent to an activating group) is 1. The summed E-state index contributed by atoms with van der Waals surface area (Å²) in [5, 5.41) is 23.3. The molecule has 1 aliphatic heterocycles. The molecular weight excluding hydrogens is 502 g/mol. The maximum absolute atomic E-state index is 11.9. The molecule has 0 atom stereocenters. The lowest BCUT2D eigenvalue weighted by Crippen LogP contribution is -2.30. The van der Waals surface area contributed by atoms with Gasteiger partial charge in [0.25, 0.3) is 0 Å². The van der Waals surface area contributed by atoms with Gasteiger partial charge in [-0.1, -0.05) is 31.2 Å². The monoisotopic (exact) mass is 535 g/mol. The maximum atomic E-state index is 11.9. The lowest BCUT2D eigenvalue weighted by molar-refractivity contribution is -0.121. The zero-order valence-corrected chi connectivity index (χ0v) is 22.6. The van der Waals surface area contributed by atoms with Crippen molar-refractivity contribution in [2.45, 2.75) is 43.5 Å². The molecule has 10 nitrogen and oxygen atoms in total. The van der Waals surface area contributed by atoms with Crippen LogP contribution in [0.5, 0.6) is 0 Å². The van der Waals surface area contributed by atoms with Crippen LogP contribution in [-0.4, -0.2) is 61.7 Å². The summed E-state index contributed by atoms with van der Waals surface area (Å²) in [6.45, 7) is 5.77. The van der Waals surface area contributed by atoms with Gasteiger partial charge in [-0.2, -0.15) is 10.5 Å². The van der Waals surface area contributed by atoms with Crippen LogP contribution in [-0.2, 0) is 28.2 Å². The number of thioether (sulfide) groups is 1. The maximum Gasteiger partial charge on any atom is 0.404 e. The number of amides is 2. The molecule has 1 aromatic heterocycles. The van der Waals surface area contributed by atoms with Gasteiger partial charge in [-0.3, -0.25) is 4.79 Å². The number of nitrogens with two attached hydrogens (primary N) is 1. The molecule has 3 N–H and O–H groups in total. The molecule has 1 fully saturated rings. The van der Waals surface area contributed by atoms with Crippen molar-refractivity contribution in [1.29, 1.82) is 10.5 Å². The first-order valence-electron chi connectivity index (χ1n) is 12.6. The van der Waals surface area contributed by atoms with E-state index in [2.05, 4.69) is 39.0 Å². The average Bonchev–Trinajstić information content (AvgIpc) is 3.14. The van der Waals surface area contributed by atoms with Crippen LogP contribution in [0.4, 0.5) is 10.6 Å². The van der Waals surface area contributed by atoms with Gasteiger partial charge >= 0.3 is 6.09 Å².